The van der Waals surface area contributed by atoms with Crippen molar-refractivity contribution in [2.45, 2.75) is 13.0 Å². The average molecular weight is 428 g/mol. The Hall–Kier alpha value is -4.27. The maximum atomic E-state index is 11.8. The highest BCUT2D eigenvalue weighted by molar-refractivity contribution is 5.90. The summed E-state index contributed by atoms with van der Waals surface area (Å²) in [5, 5.41) is 37.3. The Labute approximate surface area is 177 Å². The summed E-state index contributed by atoms with van der Waals surface area (Å²) in [7, 11) is 0. The molecule has 1 atom stereocenters. The molecule has 0 saturated heterocycles. The smallest absolute Gasteiger partial charge is 0.348 e. The van der Waals surface area contributed by atoms with Gasteiger partial charge >= 0.3 is 17.9 Å². The number of carbonyl (C=O) groups excluding carboxylic acids is 2. The molecule has 0 fully saturated rings. The second-order valence-electron chi connectivity index (χ2n) is 6.35. The number of carbonyl (C=O) groups is 3. The molecular formula is C22H20O9. The summed E-state index contributed by atoms with van der Waals surface area (Å²) >= 11 is 0. The highest BCUT2D eigenvalue weighted by Gasteiger charge is 2.23. The van der Waals surface area contributed by atoms with Crippen LogP contribution in [0.25, 0.3) is 12.2 Å². The largest absolute Gasteiger partial charge is 0.508 e. The van der Waals surface area contributed by atoms with Crippen LogP contribution in [-0.4, -0.2) is 51.0 Å². The van der Waals surface area contributed by atoms with E-state index in [2.05, 4.69) is 0 Å². The Morgan fingerprint density at radius 1 is 0.871 bits per heavy atom. The van der Waals surface area contributed by atoms with Gasteiger partial charge in [0.1, 0.15) is 12.4 Å². The summed E-state index contributed by atoms with van der Waals surface area (Å²) in [6, 6.07) is 8.50. The minimum atomic E-state index is -1.72. The van der Waals surface area contributed by atoms with E-state index in [0.29, 0.717) is 16.7 Å². The number of hydrogen-bond acceptors (Lipinski definition) is 8. The zero-order valence-corrected chi connectivity index (χ0v) is 16.4. The molecule has 0 spiro atoms. The first-order valence-electron chi connectivity index (χ1n) is 8.93. The Kier molecular flexibility index (Phi) is 7.79. The third-order valence-electron chi connectivity index (χ3n) is 3.95. The van der Waals surface area contributed by atoms with E-state index < -0.39 is 30.6 Å². The number of carboxylic acid groups (broad SMARTS) is 1. The van der Waals surface area contributed by atoms with Gasteiger partial charge in [0.2, 0.25) is 6.10 Å². The van der Waals surface area contributed by atoms with Crippen molar-refractivity contribution < 1.29 is 44.3 Å². The van der Waals surface area contributed by atoms with Gasteiger partial charge in [-0.3, -0.25) is 0 Å². The first kappa shape index (κ1) is 23.0. The number of aryl methyl sites for hydroxylation is 1. The van der Waals surface area contributed by atoms with Crippen LogP contribution in [0.5, 0.6) is 17.2 Å². The minimum Gasteiger partial charge on any atom is -0.508 e. The van der Waals surface area contributed by atoms with Crippen molar-refractivity contribution in [3.8, 4) is 17.2 Å². The summed E-state index contributed by atoms with van der Waals surface area (Å²) in [5.41, 5.74) is 1.60. The molecule has 0 bridgehead atoms. The quantitative estimate of drug-likeness (QED) is 0.282. The molecule has 0 aliphatic heterocycles. The lowest BCUT2D eigenvalue weighted by molar-refractivity contribution is -0.167. The zero-order chi connectivity index (χ0) is 23.0. The molecule has 2 aromatic rings. The van der Waals surface area contributed by atoms with Crippen LogP contribution in [0.15, 0.2) is 48.6 Å². The number of phenolic OH excluding ortho intramolecular Hbond substituents is 3. The fraction of sp³-hybridized carbons (Fsp3) is 0.136. The van der Waals surface area contributed by atoms with Gasteiger partial charge in [-0.25, -0.2) is 14.4 Å². The molecule has 0 aromatic heterocycles. The fourth-order valence-corrected chi connectivity index (χ4v) is 2.30. The summed E-state index contributed by atoms with van der Waals surface area (Å²) < 4.78 is 9.58. The molecule has 4 N–H and O–H groups in total. The van der Waals surface area contributed by atoms with Crippen molar-refractivity contribution in [2.24, 2.45) is 0 Å². The zero-order valence-electron chi connectivity index (χ0n) is 16.4. The number of ether oxygens (including phenoxy) is 2. The van der Waals surface area contributed by atoms with Crippen molar-refractivity contribution in [3.05, 3.63) is 65.2 Å². The van der Waals surface area contributed by atoms with E-state index in [-0.39, 0.29) is 17.2 Å². The lowest BCUT2D eigenvalue weighted by Gasteiger charge is -2.12. The molecule has 0 aliphatic rings. The van der Waals surface area contributed by atoms with Gasteiger partial charge in [-0.2, -0.15) is 0 Å². The predicted molar refractivity (Wildman–Crippen MR) is 109 cm³/mol. The molecule has 0 saturated carbocycles. The third-order valence-corrected chi connectivity index (χ3v) is 3.95. The molecule has 0 radical (unpaired) electrons. The van der Waals surface area contributed by atoms with Crippen molar-refractivity contribution in [1.82, 2.24) is 0 Å². The molecule has 0 aliphatic carbocycles. The molecule has 0 unspecified atom stereocenters. The number of hydrogen-bond donors (Lipinski definition) is 4. The molecular weight excluding hydrogens is 408 g/mol. The van der Waals surface area contributed by atoms with E-state index >= 15 is 0 Å². The van der Waals surface area contributed by atoms with Gasteiger partial charge in [-0.05, 0) is 60.0 Å². The third kappa shape index (κ3) is 7.24. The van der Waals surface area contributed by atoms with Crippen LogP contribution in [0.2, 0.25) is 0 Å². The van der Waals surface area contributed by atoms with Crippen LogP contribution in [0, 0.1) is 6.92 Å². The number of carboxylic acids is 1. The highest BCUT2D eigenvalue weighted by atomic mass is 16.6. The monoisotopic (exact) mass is 428 g/mol. The SMILES string of the molecule is Cc1cc(/C=C/C(=O)OC[C@H](OC(=O)/C=C/c2ccc(O)c(O)c2)C(=O)O)ccc1O. The summed E-state index contributed by atoms with van der Waals surface area (Å²) in [6.45, 7) is 0.988. The van der Waals surface area contributed by atoms with Crippen molar-refractivity contribution in [3.63, 3.8) is 0 Å². The van der Waals surface area contributed by atoms with Crippen LogP contribution in [-0.2, 0) is 23.9 Å². The first-order valence-corrected chi connectivity index (χ1v) is 8.93. The molecule has 0 amide bonds. The summed E-state index contributed by atoms with van der Waals surface area (Å²) in [5.74, 6) is -3.96. The molecule has 162 valence electrons. The maximum Gasteiger partial charge on any atom is 0.348 e. The van der Waals surface area contributed by atoms with E-state index in [4.69, 9.17) is 14.6 Å². The average Bonchev–Trinajstić information content (AvgIpc) is 2.72. The normalized spacial score (nSPS) is 12.0. The van der Waals surface area contributed by atoms with Crippen molar-refractivity contribution in [2.75, 3.05) is 6.61 Å². The predicted octanol–water partition coefficient (Wildman–Crippen LogP) is 2.38. The van der Waals surface area contributed by atoms with Gasteiger partial charge in [0.25, 0.3) is 0 Å². The number of esters is 2. The summed E-state index contributed by atoms with van der Waals surface area (Å²) in [4.78, 5) is 34.9. The van der Waals surface area contributed by atoms with E-state index in [1.54, 1.807) is 19.1 Å². The fourth-order valence-electron chi connectivity index (χ4n) is 2.30. The second kappa shape index (κ2) is 10.5. The van der Waals surface area contributed by atoms with Gasteiger partial charge < -0.3 is 29.9 Å². The lowest BCUT2D eigenvalue weighted by atomic mass is 10.1. The second-order valence-corrected chi connectivity index (χ2v) is 6.35. The van der Waals surface area contributed by atoms with Gasteiger partial charge in [-0.15, -0.1) is 0 Å². The van der Waals surface area contributed by atoms with E-state index in [1.165, 1.54) is 36.4 Å². The molecule has 31 heavy (non-hydrogen) atoms. The van der Waals surface area contributed by atoms with Gasteiger partial charge in [-0.1, -0.05) is 12.1 Å². The standard InChI is InChI=1S/C22H20O9/c1-13-10-14(2-6-16(13)23)4-8-20(26)30-12-19(22(28)29)31-21(27)9-5-15-3-7-17(24)18(25)11-15/h2-11,19,23-25H,12H2,1H3,(H,28,29)/b8-4+,9-5+/t19-/m0/s1. The van der Waals surface area contributed by atoms with Gasteiger partial charge in [0.15, 0.2) is 11.5 Å². The Morgan fingerprint density at radius 2 is 1.45 bits per heavy atom. The van der Waals surface area contributed by atoms with Crippen molar-refractivity contribution in [1.29, 1.82) is 0 Å². The van der Waals surface area contributed by atoms with Crippen LogP contribution in [0.1, 0.15) is 16.7 Å². The minimum absolute atomic E-state index is 0.113. The van der Waals surface area contributed by atoms with Crippen LogP contribution in [0.4, 0.5) is 0 Å². The Bertz CT molecular complexity index is 1040. The number of phenols is 3. The van der Waals surface area contributed by atoms with Crippen molar-refractivity contribution >= 4 is 30.1 Å². The molecule has 2 aromatic carbocycles. The number of rotatable bonds is 8. The van der Waals surface area contributed by atoms with Gasteiger partial charge in [0, 0.05) is 12.2 Å². The summed E-state index contributed by atoms with van der Waals surface area (Å²) in [6.07, 6.45) is 2.94. The maximum absolute atomic E-state index is 11.8. The van der Waals surface area contributed by atoms with Gasteiger partial charge in [0.05, 0.1) is 0 Å². The molecule has 9 heteroatoms. The van der Waals surface area contributed by atoms with Crippen LogP contribution in [0.3, 0.4) is 0 Å². The lowest BCUT2D eigenvalue weighted by Crippen LogP contribution is -2.32. The molecule has 9 nitrogen and oxygen atoms in total. The first-order chi connectivity index (χ1) is 14.7. The Balaban J connectivity index is 1.90. The number of aromatic hydroxyl groups is 3. The highest BCUT2D eigenvalue weighted by Crippen LogP contribution is 2.25. The van der Waals surface area contributed by atoms with E-state index in [1.807, 2.05) is 0 Å². The van der Waals surface area contributed by atoms with E-state index in [0.717, 1.165) is 12.2 Å². The van der Waals surface area contributed by atoms with Crippen LogP contribution >= 0.6 is 0 Å². The van der Waals surface area contributed by atoms with E-state index in [9.17, 15) is 29.7 Å². The number of aliphatic carboxylic acids is 1. The Morgan fingerprint density at radius 3 is 2.03 bits per heavy atom. The molecule has 2 rings (SSSR count). The number of benzene rings is 2. The topological polar surface area (TPSA) is 151 Å². The molecule has 0 heterocycles. The van der Waals surface area contributed by atoms with Crippen LogP contribution < -0.4 is 0 Å².